The Labute approximate surface area is 186 Å². The smallest absolute Gasteiger partial charge is 0.230 e. The Morgan fingerprint density at radius 3 is 2.70 bits per heavy atom. The molecule has 156 valence electrons. The van der Waals surface area contributed by atoms with E-state index in [9.17, 15) is 9.59 Å². The van der Waals surface area contributed by atoms with Crippen molar-refractivity contribution in [2.45, 2.75) is 36.7 Å². The Kier molecular flexibility index (Phi) is 6.40. The maximum atomic E-state index is 12.2. The third-order valence-electron chi connectivity index (χ3n) is 4.43. The molecule has 30 heavy (non-hydrogen) atoms. The summed E-state index contributed by atoms with van der Waals surface area (Å²) in [6, 6.07) is 11.3. The number of thioether (sulfide) groups is 1. The minimum atomic E-state index is -0.133. The van der Waals surface area contributed by atoms with Crippen molar-refractivity contribution >= 4 is 51.6 Å². The van der Waals surface area contributed by atoms with Gasteiger partial charge in [-0.1, -0.05) is 34.7 Å². The highest BCUT2D eigenvalue weighted by Gasteiger charge is 2.34. The molecule has 4 rings (SSSR count). The van der Waals surface area contributed by atoms with Crippen molar-refractivity contribution < 1.29 is 14.0 Å². The summed E-state index contributed by atoms with van der Waals surface area (Å²) < 4.78 is 6.44. The van der Waals surface area contributed by atoms with Crippen LogP contribution < -0.4 is 10.2 Å². The summed E-state index contributed by atoms with van der Waals surface area (Å²) in [6.07, 6.45) is 1.99. The summed E-state index contributed by atoms with van der Waals surface area (Å²) >= 11 is 8.54. The highest BCUT2D eigenvalue weighted by atomic mass is 35.5. The van der Waals surface area contributed by atoms with E-state index in [2.05, 4.69) is 15.5 Å². The fourth-order valence-corrected chi connectivity index (χ4v) is 4.76. The Morgan fingerprint density at radius 1 is 1.23 bits per heavy atom. The highest BCUT2D eigenvalue weighted by Crippen LogP contribution is 2.35. The van der Waals surface area contributed by atoms with Gasteiger partial charge in [-0.3, -0.25) is 14.5 Å². The number of amides is 2. The minimum absolute atomic E-state index is 0.0284. The number of hydrogen-bond acceptors (Lipinski definition) is 7. The van der Waals surface area contributed by atoms with Crippen LogP contribution in [0.25, 0.3) is 11.3 Å². The topological polar surface area (TPSA) is 88.3 Å². The fourth-order valence-electron chi connectivity index (χ4n) is 2.85. The molecule has 0 unspecified atom stereocenters. The number of carbonyl (C=O) groups excluding carboxylic acids is 2. The molecule has 2 amide bonds. The van der Waals surface area contributed by atoms with Gasteiger partial charge in [-0.2, -0.15) is 0 Å². The largest absolute Gasteiger partial charge is 0.459 e. The Morgan fingerprint density at radius 2 is 2.00 bits per heavy atom. The van der Waals surface area contributed by atoms with Crippen LogP contribution in [0.4, 0.5) is 5.13 Å². The van der Waals surface area contributed by atoms with Crippen LogP contribution in [0.3, 0.4) is 0 Å². The zero-order valence-corrected chi connectivity index (χ0v) is 18.5. The SMILES string of the molecule is CC(=O)N(c1nnc(SCC(=O)NCc2ccc(-c3ccc(Cl)cc3)o2)s1)C1CC1. The van der Waals surface area contributed by atoms with Gasteiger partial charge in [0.25, 0.3) is 0 Å². The average molecular weight is 463 g/mol. The van der Waals surface area contributed by atoms with Gasteiger partial charge in [0.1, 0.15) is 11.5 Å². The Balaban J connectivity index is 1.26. The number of halogens is 1. The van der Waals surface area contributed by atoms with Crippen molar-refractivity contribution in [3.05, 3.63) is 47.2 Å². The lowest BCUT2D eigenvalue weighted by atomic mass is 10.2. The van der Waals surface area contributed by atoms with Crippen LogP contribution in [0, 0.1) is 0 Å². The quantitative estimate of drug-likeness (QED) is 0.395. The molecule has 1 fully saturated rings. The molecule has 1 saturated carbocycles. The third kappa shape index (κ3) is 5.21. The van der Waals surface area contributed by atoms with Gasteiger partial charge in [-0.15, -0.1) is 10.2 Å². The summed E-state index contributed by atoms with van der Waals surface area (Å²) in [5.74, 6) is 1.43. The van der Waals surface area contributed by atoms with Crippen molar-refractivity contribution in [1.29, 1.82) is 0 Å². The van der Waals surface area contributed by atoms with Gasteiger partial charge in [0.05, 0.1) is 12.3 Å². The summed E-state index contributed by atoms with van der Waals surface area (Å²) in [7, 11) is 0. The lowest BCUT2D eigenvalue weighted by Gasteiger charge is -2.15. The van der Waals surface area contributed by atoms with Gasteiger partial charge in [0, 0.05) is 23.6 Å². The van der Waals surface area contributed by atoms with Crippen LogP contribution >= 0.6 is 34.7 Å². The first-order valence-corrected chi connectivity index (χ1v) is 11.5. The van der Waals surface area contributed by atoms with Gasteiger partial charge in [0.15, 0.2) is 4.34 Å². The zero-order chi connectivity index (χ0) is 21.1. The molecule has 2 heterocycles. The van der Waals surface area contributed by atoms with Gasteiger partial charge in [-0.25, -0.2) is 0 Å². The van der Waals surface area contributed by atoms with Crippen molar-refractivity contribution in [3.63, 3.8) is 0 Å². The van der Waals surface area contributed by atoms with Gasteiger partial charge < -0.3 is 9.73 Å². The van der Waals surface area contributed by atoms with Gasteiger partial charge in [0.2, 0.25) is 16.9 Å². The van der Waals surface area contributed by atoms with Crippen LogP contribution in [0.1, 0.15) is 25.5 Å². The predicted molar refractivity (Wildman–Crippen MR) is 118 cm³/mol. The third-order valence-corrected chi connectivity index (χ3v) is 6.74. The first-order chi connectivity index (χ1) is 14.5. The summed E-state index contributed by atoms with van der Waals surface area (Å²) in [5, 5.41) is 12.3. The first-order valence-electron chi connectivity index (χ1n) is 9.37. The molecule has 1 aliphatic carbocycles. The summed E-state index contributed by atoms with van der Waals surface area (Å²) in [6.45, 7) is 1.83. The van der Waals surface area contributed by atoms with Crippen LogP contribution in [-0.4, -0.2) is 33.8 Å². The molecule has 0 spiro atoms. The van der Waals surface area contributed by atoms with E-state index in [1.807, 2.05) is 24.3 Å². The average Bonchev–Trinajstić information content (AvgIpc) is 3.24. The van der Waals surface area contributed by atoms with Crippen molar-refractivity contribution in [2.75, 3.05) is 10.7 Å². The molecule has 0 bridgehead atoms. The van der Waals surface area contributed by atoms with E-state index in [4.69, 9.17) is 16.0 Å². The van der Waals surface area contributed by atoms with E-state index in [-0.39, 0.29) is 23.6 Å². The number of hydrogen-bond donors (Lipinski definition) is 1. The number of nitrogens with one attached hydrogen (secondary N) is 1. The molecule has 2 aromatic heterocycles. The molecule has 0 saturated heterocycles. The van der Waals surface area contributed by atoms with Crippen LogP contribution in [0.2, 0.25) is 5.02 Å². The molecule has 0 radical (unpaired) electrons. The lowest BCUT2D eigenvalue weighted by molar-refractivity contribution is -0.119. The monoisotopic (exact) mass is 462 g/mol. The van der Waals surface area contributed by atoms with Gasteiger partial charge >= 0.3 is 0 Å². The Hall–Kier alpha value is -2.36. The molecule has 10 heteroatoms. The maximum absolute atomic E-state index is 12.2. The number of nitrogens with zero attached hydrogens (tertiary/aromatic N) is 3. The number of anilines is 1. The number of furan rings is 1. The van der Waals surface area contributed by atoms with E-state index in [0.717, 1.165) is 24.2 Å². The second-order valence-electron chi connectivity index (χ2n) is 6.81. The zero-order valence-electron chi connectivity index (χ0n) is 16.1. The number of benzene rings is 1. The molecule has 1 aliphatic rings. The highest BCUT2D eigenvalue weighted by molar-refractivity contribution is 8.01. The van der Waals surface area contributed by atoms with Crippen molar-refractivity contribution in [2.24, 2.45) is 0 Å². The van der Waals surface area contributed by atoms with E-state index >= 15 is 0 Å². The van der Waals surface area contributed by atoms with E-state index in [0.29, 0.717) is 26.8 Å². The summed E-state index contributed by atoms with van der Waals surface area (Å²) in [4.78, 5) is 25.7. The van der Waals surface area contributed by atoms with Crippen molar-refractivity contribution in [3.8, 4) is 11.3 Å². The fraction of sp³-hybridized carbons (Fsp3) is 0.300. The molecule has 7 nitrogen and oxygen atoms in total. The first kappa shape index (κ1) is 20.9. The number of carbonyl (C=O) groups is 2. The maximum Gasteiger partial charge on any atom is 0.230 e. The lowest BCUT2D eigenvalue weighted by Crippen LogP contribution is -2.30. The molecule has 0 atom stereocenters. The van der Waals surface area contributed by atoms with Crippen molar-refractivity contribution in [1.82, 2.24) is 15.5 Å². The second kappa shape index (κ2) is 9.20. The number of aromatic nitrogens is 2. The standard InChI is InChI=1S/C20H19ClN4O3S2/c1-12(26)25(15-6-7-15)19-23-24-20(30-19)29-11-18(27)22-10-16-8-9-17(28-16)13-2-4-14(21)5-3-13/h2-5,8-9,15H,6-7,10-11H2,1H3,(H,22,27). The molecular weight excluding hydrogens is 444 g/mol. The second-order valence-corrected chi connectivity index (χ2v) is 9.42. The van der Waals surface area contributed by atoms with Crippen LogP contribution in [-0.2, 0) is 16.1 Å². The summed E-state index contributed by atoms with van der Waals surface area (Å²) in [5.41, 5.74) is 0.922. The molecule has 1 aromatic carbocycles. The Bertz CT molecular complexity index is 1050. The van der Waals surface area contributed by atoms with E-state index in [1.54, 1.807) is 17.0 Å². The van der Waals surface area contributed by atoms with Gasteiger partial charge in [-0.05, 0) is 49.2 Å². The minimum Gasteiger partial charge on any atom is -0.459 e. The van der Waals surface area contributed by atoms with E-state index in [1.165, 1.54) is 30.0 Å². The van der Waals surface area contributed by atoms with Crippen LogP contribution in [0.15, 0.2) is 45.2 Å². The molecule has 3 aromatic rings. The molecular formula is C20H19ClN4O3S2. The predicted octanol–water partition coefficient (Wildman–Crippen LogP) is 4.38. The van der Waals surface area contributed by atoms with E-state index < -0.39 is 0 Å². The van der Waals surface area contributed by atoms with Crippen LogP contribution in [0.5, 0.6) is 0 Å². The molecule has 1 N–H and O–H groups in total. The molecule has 0 aliphatic heterocycles. The normalized spacial score (nSPS) is 13.3. The number of rotatable bonds is 8.